The average molecular weight is 504 g/mol. The van der Waals surface area contributed by atoms with Crippen molar-refractivity contribution in [2.45, 2.75) is 37.8 Å². The van der Waals surface area contributed by atoms with Gasteiger partial charge in [-0.25, -0.2) is 0 Å². The maximum atomic E-state index is 12.2. The van der Waals surface area contributed by atoms with Gasteiger partial charge in [-0.05, 0) is 55.5 Å². The molecule has 1 aliphatic carbocycles. The van der Waals surface area contributed by atoms with E-state index in [0.29, 0.717) is 18.3 Å². The van der Waals surface area contributed by atoms with Crippen molar-refractivity contribution >= 4 is 29.2 Å². The van der Waals surface area contributed by atoms with Crippen LogP contribution in [-0.2, 0) is 4.74 Å². The van der Waals surface area contributed by atoms with Gasteiger partial charge in [-0.15, -0.1) is 0 Å². The van der Waals surface area contributed by atoms with E-state index in [9.17, 15) is 4.79 Å². The van der Waals surface area contributed by atoms with Gasteiger partial charge in [-0.3, -0.25) is 14.8 Å². The molecule has 0 bridgehead atoms. The molecule has 1 amide bonds. The maximum Gasteiger partial charge on any atom is 0.250 e. The monoisotopic (exact) mass is 503 g/mol. The van der Waals surface area contributed by atoms with E-state index in [4.69, 9.17) is 10.5 Å². The number of nitrogens with zero attached hydrogens (tertiary/aromatic N) is 3. The average Bonchev–Trinajstić information content (AvgIpc) is 2.91. The Hall–Kier alpha value is -3.01. The summed E-state index contributed by atoms with van der Waals surface area (Å²) in [4.78, 5) is 23.9. The first-order valence-corrected chi connectivity index (χ1v) is 13.5. The van der Waals surface area contributed by atoms with Crippen molar-refractivity contribution in [1.29, 1.82) is 0 Å². The molecule has 3 fully saturated rings. The van der Waals surface area contributed by atoms with Crippen molar-refractivity contribution in [3.8, 4) is 0 Å². The van der Waals surface area contributed by atoms with Crippen LogP contribution in [0.2, 0.25) is 0 Å². The van der Waals surface area contributed by atoms with E-state index in [-0.39, 0.29) is 11.5 Å². The standard InChI is InChI=1S/C28H37N7O2/c29-27(36)22-5-4-20(12-26(22)34-19-6-10-37-11-7-19)35-9-8-30-14-21(35)13-28(16-32-17-28)24-2-1-3-25-23(24)15-31-18-33-25/h1,3-5,12,15,19,21,30,32,34H,2,6-11,13-14,16-18H2,(H2,29,36). The third-order valence-corrected chi connectivity index (χ3v) is 8.47. The molecule has 1 aromatic carbocycles. The largest absolute Gasteiger partial charge is 0.381 e. The first-order chi connectivity index (χ1) is 18.1. The predicted octanol–water partition coefficient (Wildman–Crippen LogP) is 1.87. The van der Waals surface area contributed by atoms with Crippen molar-refractivity contribution in [3.63, 3.8) is 0 Å². The Labute approximate surface area is 218 Å². The molecule has 4 heterocycles. The fourth-order valence-electron chi connectivity index (χ4n) is 6.42. The fourth-order valence-corrected chi connectivity index (χ4v) is 6.42. The van der Waals surface area contributed by atoms with Gasteiger partial charge in [0.05, 0.1) is 11.3 Å². The summed E-state index contributed by atoms with van der Waals surface area (Å²) in [5, 5.41) is 10.8. The number of hydrogen-bond donors (Lipinski definition) is 4. The number of aliphatic imine (C=N–C) groups is 2. The Morgan fingerprint density at radius 3 is 2.89 bits per heavy atom. The summed E-state index contributed by atoms with van der Waals surface area (Å²) in [6.45, 7) is 6.73. The summed E-state index contributed by atoms with van der Waals surface area (Å²) >= 11 is 0. The van der Waals surface area contributed by atoms with E-state index in [0.717, 1.165) is 88.7 Å². The van der Waals surface area contributed by atoms with E-state index in [1.807, 2.05) is 12.3 Å². The number of carbonyl (C=O) groups excluding carboxylic acids is 1. The summed E-state index contributed by atoms with van der Waals surface area (Å²) in [7, 11) is 0. The lowest BCUT2D eigenvalue weighted by Gasteiger charge is -2.51. The highest BCUT2D eigenvalue weighted by Crippen LogP contribution is 2.44. The molecule has 1 unspecified atom stereocenters. The van der Waals surface area contributed by atoms with E-state index < -0.39 is 5.91 Å². The molecule has 5 aliphatic rings. The Kier molecular flexibility index (Phi) is 6.84. The lowest BCUT2D eigenvalue weighted by Crippen LogP contribution is -2.61. The number of nitrogens with two attached hydrogens (primary N) is 1. The molecule has 0 radical (unpaired) electrons. The summed E-state index contributed by atoms with van der Waals surface area (Å²) in [5.74, 6) is -0.400. The highest BCUT2D eigenvalue weighted by Gasteiger charge is 2.45. The zero-order chi connectivity index (χ0) is 25.2. The number of piperazine rings is 1. The van der Waals surface area contributed by atoms with Gasteiger partial charge in [0.25, 0.3) is 5.91 Å². The number of nitrogens with one attached hydrogen (secondary N) is 3. The Bertz CT molecular complexity index is 1160. The topological polar surface area (TPSA) is 116 Å². The molecular weight excluding hydrogens is 466 g/mol. The highest BCUT2D eigenvalue weighted by atomic mass is 16.5. The number of fused-ring (bicyclic) bond motifs is 1. The minimum Gasteiger partial charge on any atom is -0.381 e. The normalized spacial score (nSPS) is 25.4. The van der Waals surface area contributed by atoms with Crippen molar-refractivity contribution in [2.75, 3.05) is 62.8 Å². The third-order valence-electron chi connectivity index (χ3n) is 8.47. The smallest absolute Gasteiger partial charge is 0.250 e. The van der Waals surface area contributed by atoms with Crippen molar-refractivity contribution in [2.24, 2.45) is 21.1 Å². The Balaban J connectivity index is 1.28. The van der Waals surface area contributed by atoms with Crippen LogP contribution in [0.25, 0.3) is 0 Å². The summed E-state index contributed by atoms with van der Waals surface area (Å²) in [5.41, 5.74) is 12.1. The van der Waals surface area contributed by atoms with Gasteiger partial charge in [-0.2, -0.15) is 0 Å². The molecular formula is C28H37N7O2. The first-order valence-electron chi connectivity index (χ1n) is 13.5. The molecule has 0 aromatic heterocycles. The summed E-state index contributed by atoms with van der Waals surface area (Å²) < 4.78 is 5.52. The number of carbonyl (C=O) groups is 1. The van der Waals surface area contributed by atoms with Crippen molar-refractivity contribution in [3.05, 3.63) is 47.1 Å². The van der Waals surface area contributed by atoms with E-state index in [1.54, 1.807) is 0 Å². The number of benzene rings is 1. The van der Waals surface area contributed by atoms with E-state index in [1.165, 1.54) is 11.1 Å². The molecule has 4 aliphatic heterocycles. The van der Waals surface area contributed by atoms with Crippen LogP contribution in [0.1, 0.15) is 36.0 Å². The second kappa shape index (κ2) is 10.4. The third kappa shape index (κ3) is 4.83. The predicted molar refractivity (Wildman–Crippen MR) is 148 cm³/mol. The van der Waals surface area contributed by atoms with Gasteiger partial charge in [0.15, 0.2) is 0 Å². The number of hydrogen-bond acceptors (Lipinski definition) is 8. The SMILES string of the molecule is NC(=O)c1ccc(N2CCNCC2CC2(C3=C4C=NCN=C4C=CC3)CNC2)cc1NC1CCOCC1. The molecule has 1 atom stereocenters. The quantitative estimate of drug-likeness (QED) is 0.452. The Morgan fingerprint density at radius 2 is 2.11 bits per heavy atom. The summed E-state index contributed by atoms with van der Waals surface area (Å²) in [6, 6.07) is 6.68. The molecule has 9 nitrogen and oxygen atoms in total. The minimum absolute atomic E-state index is 0.0858. The van der Waals surface area contributed by atoms with Crippen LogP contribution in [0.4, 0.5) is 11.4 Å². The highest BCUT2D eigenvalue weighted by molar-refractivity contribution is 6.23. The van der Waals surface area contributed by atoms with Gasteiger partial charge in [-0.1, -0.05) is 6.08 Å². The van der Waals surface area contributed by atoms with Crippen LogP contribution in [0.15, 0.2) is 51.5 Å². The molecule has 0 saturated carbocycles. The number of rotatable bonds is 7. The molecule has 6 rings (SSSR count). The van der Waals surface area contributed by atoms with E-state index >= 15 is 0 Å². The van der Waals surface area contributed by atoms with Crippen LogP contribution in [0.5, 0.6) is 0 Å². The lowest BCUT2D eigenvalue weighted by atomic mass is 9.66. The zero-order valence-corrected chi connectivity index (χ0v) is 21.3. The van der Waals surface area contributed by atoms with Crippen LogP contribution >= 0.6 is 0 Å². The molecule has 5 N–H and O–H groups in total. The molecule has 0 spiro atoms. The van der Waals surface area contributed by atoms with Crippen LogP contribution in [-0.4, -0.2) is 82.5 Å². The second-order valence-electron chi connectivity index (χ2n) is 10.8. The minimum atomic E-state index is -0.400. The lowest BCUT2D eigenvalue weighted by molar-refractivity contribution is 0.0904. The summed E-state index contributed by atoms with van der Waals surface area (Å²) in [6.07, 6.45) is 10.3. The molecule has 37 heavy (non-hydrogen) atoms. The maximum absolute atomic E-state index is 12.2. The Morgan fingerprint density at radius 1 is 1.24 bits per heavy atom. The number of allylic oxidation sites excluding steroid dienone is 3. The molecule has 3 saturated heterocycles. The second-order valence-corrected chi connectivity index (χ2v) is 10.8. The first kappa shape index (κ1) is 24.3. The number of primary amides is 1. The zero-order valence-electron chi connectivity index (χ0n) is 21.3. The van der Waals surface area contributed by atoms with Gasteiger partial charge in [0.1, 0.15) is 6.67 Å². The molecule has 196 valence electrons. The van der Waals surface area contributed by atoms with Crippen LogP contribution < -0.4 is 26.6 Å². The van der Waals surface area contributed by atoms with Crippen molar-refractivity contribution in [1.82, 2.24) is 10.6 Å². The van der Waals surface area contributed by atoms with Gasteiger partial charge >= 0.3 is 0 Å². The number of ether oxygens (including phenoxy) is 1. The van der Waals surface area contributed by atoms with Crippen molar-refractivity contribution < 1.29 is 9.53 Å². The number of anilines is 2. The van der Waals surface area contributed by atoms with Gasteiger partial charge in [0.2, 0.25) is 0 Å². The van der Waals surface area contributed by atoms with Crippen LogP contribution in [0.3, 0.4) is 0 Å². The van der Waals surface area contributed by atoms with E-state index in [2.05, 4.69) is 55.1 Å². The van der Waals surface area contributed by atoms with Gasteiger partial charge in [0, 0.05) is 86.6 Å². The van der Waals surface area contributed by atoms with Crippen LogP contribution in [0, 0.1) is 5.41 Å². The molecule has 1 aromatic rings. The number of amides is 1. The molecule has 9 heteroatoms. The van der Waals surface area contributed by atoms with Gasteiger partial charge < -0.3 is 31.3 Å². The fraction of sp³-hybridized carbons (Fsp3) is 0.536.